The van der Waals surface area contributed by atoms with Crippen molar-refractivity contribution in [2.45, 2.75) is 38.1 Å². The number of ether oxygens (including phenoxy) is 1. The van der Waals surface area contributed by atoms with E-state index in [1.165, 1.54) is 30.6 Å². The number of hydrogen-bond donors (Lipinski definition) is 1. The zero-order valence-corrected chi connectivity index (χ0v) is 10.00. The number of furan rings is 1. The van der Waals surface area contributed by atoms with Crippen LogP contribution in [0.3, 0.4) is 0 Å². The van der Waals surface area contributed by atoms with Crippen molar-refractivity contribution in [1.29, 1.82) is 0 Å². The summed E-state index contributed by atoms with van der Waals surface area (Å²) >= 11 is 0. The summed E-state index contributed by atoms with van der Waals surface area (Å²) in [5.41, 5.74) is 1.37. The molecule has 1 aliphatic carbocycles. The third-order valence-electron chi connectivity index (χ3n) is 3.22. The van der Waals surface area contributed by atoms with Gasteiger partial charge in [-0.05, 0) is 38.3 Å². The molecule has 0 aliphatic heterocycles. The minimum absolute atomic E-state index is 0.505. The van der Waals surface area contributed by atoms with Gasteiger partial charge in [-0.3, -0.25) is 0 Å². The molecule has 1 heterocycles. The average molecular weight is 223 g/mol. The van der Waals surface area contributed by atoms with Crippen molar-refractivity contribution >= 4 is 0 Å². The van der Waals surface area contributed by atoms with Gasteiger partial charge in [0.15, 0.2) is 0 Å². The standard InChI is InChI=1S/C13H21NO2/c1-15-9-3-2-8-14-12-5-4-6-13-11(12)7-10-16-13/h7,10,12,14H,2-6,8-9H2,1H3. The first-order chi connectivity index (χ1) is 7.92. The van der Waals surface area contributed by atoms with Gasteiger partial charge in [0.25, 0.3) is 0 Å². The molecular formula is C13H21NO2. The van der Waals surface area contributed by atoms with Crippen LogP contribution in [0.4, 0.5) is 0 Å². The molecule has 0 saturated carbocycles. The summed E-state index contributed by atoms with van der Waals surface area (Å²) in [6.07, 6.45) is 7.69. The van der Waals surface area contributed by atoms with Crippen LogP contribution in [0.1, 0.15) is 43.0 Å². The third kappa shape index (κ3) is 2.86. The summed E-state index contributed by atoms with van der Waals surface area (Å²) in [7, 11) is 1.76. The lowest BCUT2D eigenvalue weighted by Crippen LogP contribution is -2.25. The molecule has 1 aromatic rings. The quantitative estimate of drug-likeness (QED) is 0.753. The highest BCUT2D eigenvalue weighted by atomic mass is 16.5. The van der Waals surface area contributed by atoms with E-state index in [4.69, 9.17) is 9.15 Å². The Balaban J connectivity index is 1.75. The minimum atomic E-state index is 0.505. The largest absolute Gasteiger partial charge is 0.469 e. The van der Waals surface area contributed by atoms with Gasteiger partial charge in [-0.2, -0.15) is 0 Å². The second-order valence-electron chi connectivity index (χ2n) is 4.40. The number of unbranched alkanes of at least 4 members (excludes halogenated alkanes) is 1. The van der Waals surface area contributed by atoms with E-state index in [1.54, 1.807) is 7.11 Å². The van der Waals surface area contributed by atoms with Crippen LogP contribution in [0.15, 0.2) is 16.7 Å². The van der Waals surface area contributed by atoms with Crippen LogP contribution in [0.25, 0.3) is 0 Å². The van der Waals surface area contributed by atoms with E-state index in [9.17, 15) is 0 Å². The Kier molecular flexibility index (Phi) is 4.43. The highest BCUT2D eigenvalue weighted by Gasteiger charge is 2.21. The average Bonchev–Trinajstić information content (AvgIpc) is 2.77. The first-order valence-corrected chi connectivity index (χ1v) is 6.20. The molecule has 2 rings (SSSR count). The van der Waals surface area contributed by atoms with Crippen LogP contribution >= 0.6 is 0 Å². The predicted molar refractivity (Wildman–Crippen MR) is 63.5 cm³/mol. The number of aryl methyl sites for hydroxylation is 1. The topological polar surface area (TPSA) is 34.4 Å². The Labute approximate surface area is 97.2 Å². The first kappa shape index (κ1) is 11.7. The number of methoxy groups -OCH3 is 1. The van der Waals surface area contributed by atoms with E-state index in [0.717, 1.165) is 26.0 Å². The predicted octanol–water partition coefficient (Wildman–Crippen LogP) is 2.67. The maximum Gasteiger partial charge on any atom is 0.108 e. The van der Waals surface area contributed by atoms with Crippen LogP contribution in [0.2, 0.25) is 0 Å². The van der Waals surface area contributed by atoms with E-state index in [-0.39, 0.29) is 0 Å². The Morgan fingerprint density at radius 1 is 1.50 bits per heavy atom. The van der Waals surface area contributed by atoms with E-state index >= 15 is 0 Å². The second-order valence-corrected chi connectivity index (χ2v) is 4.40. The molecule has 0 amide bonds. The number of rotatable bonds is 6. The minimum Gasteiger partial charge on any atom is -0.469 e. The van der Waals surface area contributed by atoms with Crippen LogP contribution < -0.4 is 5.32 Å². The lowest BCUT2D eigenvalue weighted by molar-refractivity contribution is 0.192. The summed E-state index contributed by atoms with van der Waals surface area (Å²) in [6, 6.07) is 2.62. The molecule has 0 spiro atoms. The number of nitrogens with one attached hydrogen (secondary N) is 1. The number of fused-ring (bicyclic) bond motifs is 1. The molecular weight excluding hydrogens is 202 g/mol. The van der Waals surface area contributed by atoms with Crippen molar-refractivity contribution in [3.63, 3.8) is 0 Å². The van der Waals surface area contributed by atoms with E-state index in [2.05, 4.69) is 11.4 Å². The molecule has 1 atom stereocenters. The van der Waals surface area contributed by atoms with Crippen molar-refractivity contribution in [2.24, 2.45) is 0 Å². The van der Waals surface area contributed by atoms with Crippen LogP contribution in [-0.2, 0) is 11.2 Å². The highest BCUT2D eigenvalue weighted by Crippen LogP contribution is 2.30. The van der Waals surface area contributed by atoms with Crippen molar-refractivity contribution < 1.29 is 9.15 Å². The molecule has 90 valence electrons. The lowest BCUT2D eigenvalue weighted by atomic mass is 9.93. The Bertz CT molecular complexity index is 309. The molecule has 0 radical (unpaired) electrons. The summed E-state index contributed by atoms with van der Waals surface area (Å²) in [4.78, 5) is 0. The third-order valence-corrected chi connectivity index (χ3v) is 3.22. The molecule has 0 aromatic carbocycles. The van der Waals surface area contributed by atoms with Gasteiger partial charge >= 0.3 is 0 Å². The van der Waals surface area contributed by atoms with Crippen molar-refractivity contribution in [3.8, 4) is 0 Å². The van der Waals surface area contributed by atoms with E-state index < -0.39 is 0 Å². The van der Waals surface area contributed by atoms with Gasteiger partial charge in [0.2, 0.25) is 0 Å². The van der Waals surface area contributed by atoms with Gasteiger partial charge in [0, 0.05) is 31.7 Å². The molecule has 0 fully saturated rings. The molecule has 0 bridgehead atoms. The van der Waals surface area contributed by atoms with Crippen molar-refractivity contribution in [1.82, 2.24) is 5.32 Å². The van der Waals surface area contributed by atoms with Gasteiger partial charge < -0.3 is 14.5 Å². The van der Waals surface area contributed by atoms with E-state index in [1.807, 2.05) is 6.26 Å². The summed E-state index contributed by atoms with van der Waals surface area (Å²) in [5, 5.41) is 3.61. The second kappa shape index (κ2) is 6.06. The fourth-order valence-corrected chi connectivity index (χ4v) is 2.35. The van der Waals surface area contributed by atoms with Gasteiger partial charge in [-0.25, -0.2) is 0 Å². The summed E-state index contributed by atoms with van der Waals surface area (Å²) in [5.74, 6) is 1.18. The Morgan fingerprint density at radius 3 is 3.31 bits per heavy atom. The molecule has 16 heavy (non-hydrogen) atoms. The lowest BCUT2D eigenvalue weighted by Gasteiger charge is -2.22. The molecule has 1 N–H and O–H groups in total. The molecule has 3 heteroatoms. The fourth-order valence-electron chi connectivity index (χ4n) is 2.35. The molecule has 1 unspecified atom stereocenters. The Morgan fingerprint density at radius 2 is 2.44 bits per heavy atom. The van der Waals surface area contributed by atoms with Crippen molar-refractivity contribution in [3.05, 3.63) is 23.7 Å². The normalized spacial score (nSPS) is 19.7. The monoisotopic (exact) mass is 223 g/mol. The van der Waals surface area contributed by atoms with Crippen LogP contribution in [0.5, 0.6) is 0 Å². The highest BCUT2D eigenvalue weighted by molar-refractivity contribution is 5.23. The number of hydrogen-bond acceptors (Lipinski definition) is 3. The van der Waals surface area contributed by atoms with Crippen LogP contribution in [0, 0.1) is 0 Å². The van der Waals surface area contributed by atoms with Gasteiger partial charge in [0.1, 0.15) is 5.76 Å². The van der Waals surface area contributed by atoms with Gasteiger partial charge in [-0.15, -0.1) is 0 Å². The first-order valence-electron chi connectivity index (χ1n) is 6.20. The van der Waals surface area contributed by atoms with Crippen molar-refractivity contribution in [2.75, 3.05) is 20.3 Å². The van der Waals surface area contributed by atoms with Gasteiger partial charge in [-0.1, -0.05) is 0 Å². The summed E-state index contributed by atoms with van der Waals surface area (Å²) < 4.78 is 10.5. The zero-order chi connectivity index (χ0) is 11.2. The van der Waals surface area contributed by atoms with E-state index in [0.29, 0.717) is 6.04 Å². The zero-order valence-electron chi connectivity index (χ0n) is 10.00. The molecule has 1 aromatic heterocycles. The molecule has 1 aliphatic rings. The summed E-state index contributed by atoms with van der Waals surface area (Å²) in [6.45, 7) is 1.93. The smallest absolute Gasteiger partial charge is 0.108 e. The SMILES string of the molecule is COCCCCNC1CCCc2occc21. The van der Waals surface area contributed by atoms with Crippen LogP contribution in [-0.4, -0.2) is 20.3 Å². The molecule has 0 saturated heterocycles. The van der Waals surface area contributed by atoms with Gasteiger partial charge in [0.05, 0.1) is 6.26 Å². The Hall–Kier alpha value is -0.800. The molecule has 3 nitrogen and oxygen atoms in total. The fraction of sp³-hybridized carbons (Fsp3) is 0.692. The maximum absolute atomic E-state index is 5.47. The maximum atomic E-state index is 5.47.